The SMILES string of the molecule is CN[C@@H](CCCCNC(=O)COCCOCCNC(=O)COCCOCCCC(=O)CC[C@H](NC(=O)CCCCCCCCCCCCCCCCC(C)=O)C(=O)O)C(=O)C(C)[C@@H](CCCN=C(N)N)C(=O)N[C@@H](Cc1ccc(O)cc1)C(N)=O. The number of carbonyl (C=O) groups excluding carboxylic acids is 8. The minimum absolute atomic E-state index is 0.0224. The number of aromatic hydroxyl groups is 1. The molecule has 0 heterocycles. The number of benzene rings is 1. The number of guanidine groups is 1. The maximum Gasteiger partial charge on any atom is 0.326 e. The van der Waals surface area contributed by atoms with Crippen molar-refractivity contribution in [1.29, 1.82) is 0 Å². The van der Waals surface area contributed by atoms with Crippen LogP contribution in [-0.2, 0) is 68.5 Å². The Kier molecular flexibility index (Phi) is 45.4. The second-order valence-corrected chi connectivity index (χ2v) is 21.7. The molecule has 0 aliphatic heterocycles. The van der Waals surface area contributed by atoms with Gasteiger partial charge in [0.25, 0.3) is 0 Å². The fraction of sp³-hybridized carbons (Fsp3) is 0.738. The Bertz CT molecular complexity index is 2090. The van der Waals surface area contributed by atoms with Gasteiger partial charge < -0.3 is 77.7 Å². The topological polar surface area (TPSA) is 382 Å². The molecule has 0 aliphatic carbocycles. The van der Waals surface area contributed by atoms with Gasteiger partial charge >= 0.3 is 5.97 Å². The monoisotopic (exact) mass is 1200 g/mol. The van der Waals surface area contributed by atoms with E-state index in [2.05, 4.69) is 31.6 Å². The van der Waals surface area contributed by atoms with Crippen molar-refractivity contribution in [3.8, 4) is 5.75 Å². The number of carboxylic acid groups (broad SMARTS) is 1. The van der Waals surface area contributed by atoms with Crippen molar-refractivity contribution in [3.05, 3.63) is 29.8 Å². The number of aliphatic carboxylic acids is 1. The molecule has 0 bridgehead atoms. The van der Waals surface area contributed by atoms with E-state index in [1.54, 1.807) is 33.0 Å². The Morgan fingerprint density at radius 1 is 0.541 bits per heavy atom. The number of nitrogens with one attached hydrogen (secondary N) is 5. The van der Waals surface area contributed by atoms with Crippen molar-refractivity contribution >= 4 is 58.8 Å². The van der Waals surface area contributed by atoms with Crippen LogP contribution < -0.4 is 43.8 Å². The minimum atomic E-state index is -1.16. The summed E-state index contributed by atoms with van der Waals surface area (Å²) >= 11 is 0. The molecule has 0 saturated carbocycles. The van der Waals surface area contributed by atoms with Crippen molar-refractivity contribution < 1.29 is 72.3 Å². The first-order chi connectivity index (χ1) is 40.8. The standard InChI is InChI=1S/C61H105N9O15/c1-45(71)22-16-14-12-10-8-6-4-5-7-9-11-13-15-17-26-54(74)69-52(60(80)81)32-31-48(72)23-21-36-82-38-40-84-44-56(76)67-35-37-83-39-41-85-43-55(75)66-33-19-18-25-51(65-3)57(77)46(2)50(24-20-34-68-61(63)64)59(79)70-53(58(62)78)42-47-27-29-49(73)30-28-47/h27-30,46,50-53,65,73H,4-26,31-44H2,1-3H3,(H2,62,78)(H,66,75)(H,67,76)(H,69,74)(H,70,79)(H,80,81)(H4,63,64,68)/t46?,50-,51+,52+,53+/m1/s1. The van der Waals surface area contributed by atoms with E-state index in [-0.39, 0.29) is 151 Å². The number of phenolic OH excluding ortho intramolecular Hbond substituents is 1. The smallest absolute Gasteiger partial charge is 0.326 e. The van der Waals surface area contributed by atoms with Gasteiger partial charge in [-0.1, -0.05) is 96.1 Å². The summed E-state index contributed by atoms with van der Waals surface area (Å²) in [6.45, 7) is 5.01. The molecule has 484 valence electrons. The van der Waals surface area contributed by atoms with Crippen LogP contribution in [0.15, 0.2) is 29.3 Å². The van der Waals surface area contributed by atoms with Crippen LogP contribution in [-0.4, -0.2) is 167 Å². The summed E-state index contributed by atoms with van der Waals surface area (Å²) in [7, 11) is 1.66. The number of ether oxygens (including phenoxy) is 4. The number of carboxylic acids is 1. The van der Waals surface area contributed by atoms with Gasteiger partial charge in [0.15, 0.2) is 11.7 Å². The lowest BCUT2D eigenvalue weighted by Gasteiger charge is -2.27. The van der Waals surface area contributed by atoms with Crippen LogP contribution in [0, 0.1) is 11.8 Å². The van der Waals surface area contributed by atoms with Gasteiger partial charge in [-0.15, -0.1) is 0 Å². The molecule has 0 spiro atoms. The highest BCUT2D eigenvalue weighted by Gasteiger charge is 2.35. The Balaban J connectivity index is 2.13. The zero-order chi connectivity index (χ0) is 62.9. The van der Waals surface area contributed by atoms with Crippen LogP contribution in [0.4, 0.5) is 0 Å². The molecule has 5 amide bonds. The number of hydrogen-bond acceptors (Lipinski definition) is 16. The Labute approximate surface area is 504 Å². The van der Waals surface area contributed by atoms with Crippen LogP contribution in [0.2, 0.25) is 0 Å². The second kappa shape index (κ2) is 50.1. The number of aliphatic imine (C=N–C) groups is 1. The lowest BCUT2D eigenvalue weighted by atomic mass is 9.82. The van der Waals surface area contributed by atoms with E-state index in [0.717, 1.165) is 32.1 Å². The number of amides is 5. The number of unbranched alkanes of at least 4 members (excludes halogenated alkanes) is 14. The largest absolute Gasteiger partial charge is 0.508 e. The number of ketones is 3. The highest BCUT2D eigenvalue weighted by molar-refractivity contribution is 5.93. The van der Waals surface area contributed by atoms with Crippen LogP contribution in [0.3, 0.4) is 0 Å². The molecular weight excluding hydrogens is 1100 g/mol. The molecular formula is C61H105N9O15. The zero-order valence-electron chi connectivity index (χ0n) is 51.2. The molecule has 13 N–H and O–H groups in total. The number of hydrogen-bond donors (Lipinski definition) is 10. The third-order valence-electron chi connectivity index (χ3n) is 14.4. The fourth-order valence-corrected chi connectivity index (χ4v) is 9.38. The van der Waals surface area contributed by atoms with Gasteiger partial charge in [0.2, 0.25) is 29.5 Å². The van der Waals surface area contributed by atoms with Crippen molar-refractivity contribution in [2.45, 2.75) is 199 Å². The van der Waals surface area contributed by atoms with Crippen molar-refractivity contribution in [2.75, 3.05) is 79.5 Å². The minimum Gasteiger partial charge on any atom is -0.508 e. The molecule has 0 radical (unpaired) electrons. The molecule has 0 aliphatic rings. The number of Topliss-reactive ketones (excluding diaryl/α,β-unsaturated/α-hetero) is 3. The van der Waals surface area contributed by atoms with Gasteiger partial charge in [-0.05, 0) is 89.5 Å². The predicted molar refractivity (Wildman–Crippen MR) is 324 cm³/mol. The number of rotatable bonds is 57. The number of likely N-dealkylation sites (N-methyl/N-ethyl adjacent to an activating group) is 1. The second-order valence-electron chi connectivity index (χ2n) is 21.7. The van der Waals surface area contributed by atoms with E-state index in [0.29, 0.717) is 57.1 Å². The van der Waals surface area contributed by atoms with E-state index in [1.807, 2.05) is 0 Å². The first-order valence-corrected chi connectivity index (χ1v) is 30.9. The Hall–Kier alpha value is -6.08. The molecule has 24 heteroatoms. The number of phenols is 1. The maximum absolute atomic E-state index is 13.8. The lowest BCUT2D eigenvalue weighted by Crippen LogP contribution is -2.50. The summed E-state index contributed by atoms with van der Waals surface area (Å²) in [5.74, 6) is -5.05. The number of primary amides is 1. The van der Waals surface area contributed by atoms with Gasteiger partial charge in [0.05, 0.1) is 39.1 Å². The van der Waals surface area contributed by atoms with E-state index in [4.69, 9.17) is 36.1 Å². The first-order valence-electron chi connectivity index (χ1n) is 30.9. The number of carbonyl (C=O) groups is 9. The molecule has 1 rings (SSSR count). The Morgan fingerprint density at radius 2 is 1.08 bits per heavy atom. The van der Waals surface area contributed by atoms with E-state index >= 15 is 0 Å². The maximum atomic E-state index is 13.8. The summed E-state index contributed by atoms with van der Waals surface area (Å²) in [4.78, 5) is 116. The van der Waals surface area contributed by atoms with Crippen LogP contribution in [0.5, 0.6) is 5.75 Å². The van der Waals surface area contributed by atoms with Crippen molar-refractivity contribution in [1.82, 2.24) is 26.6 Å². The van der Waals surface area contributed by atoms with Crippen LogP contribution in [0.1, 0.15) is 180 Å². The van der Waals surface area contributed by atoms with Gasteiger partial charge in [-0.25, -0.2) is 4.79 Å². The van der Waals surface area contributed by atoms with Crippen LogP contribution >= 0.6 is 0 Å². The number of nitrogens with zero attached hydrogens (tertiary/aromatic N) is 1. The third kappa shape index (κ3) is 42.4. The molecule has 0 fully saturated rings. The average molecular weight is 1200 g/mol. The molecule has 1 unspecified atom stereocenters. The lowest BCUT2D eigenvalue weighted by molar-refractivity contribution is -0.142. The van der Waals surface area contributed by atoms with E-state index in [9.17, 15) is 53.4 Å². The van der Waals surface area contributed by atoms with Crippen LogP contribution in [0.25, 0.3) is 0 Å². The summed E-state index contributed by atoms with van der Waals surface area (Å²) in [6, 6.07) is 3.41. The summed E-state index contributed by atoms with van der Waals surface area (Å²) in [6.07, 6.45) is 19.9. The van der Waals surface area contributed by atoms with E-state index < -0.39 is 47.7 Å². The summed E-state index contributed by atoms with van der Waals surface area (Å²) in [5.41, 5.74) is 17.2. The normalized spacial score (nSPS) is 12.9. The third-order valence-corrected chi connectivity index (χ3v) is 14.4. The number of nitrogens with two attached hydrogens (primary N) is 3. The molecule has 0 saturated heterocycles. The molecule has 1 aromatic rings. The summed E-state index contributed by atoms with van der Waals surface area (Å²) < 4.78 is 21.7. The molecule has 1 aromatic carbocycles. The fourth-order valence-electron chi connectivity index (χ4n) is 9.38. The van der Waals surface area contributed by atoms with Gasteiger partial charge in [0, 0.05) is 70.2 Å². The first kappa shape index (κ1) is 76.9. The van der Waals surface area contributed by atoms with Gasteiger partial charge in [-0.2, -0.15) is 0 Å². The molecule has 24 nitrogen and oxygen atoms in total. The molecule has 0 aromatic heterocycles. The zero-order valence-corrected chi connectivity index (χ0v) is 51.2. The van der Waals surface area contributed by atoms with Gasteiger partial charge in [-0.3, -0.25) is 38.6 Å². The quantitative estimate of drug-likeness (QED) is 0.0246. The van der Waals surface area contributed by atoms with Gasteiger partial charge in [0.1, 0.15) is 42.6 Å². The molecule has 5 atom stereocenters. The highest BCUT2D eigenvalue weighted by atomic mass is 16.5. The predicted octanol–water partition coefficient (Wildman–Crippen LogP) is 4.37. The average Bonchev–Trinajstić information content (AvgIpc) is 3.58. The summed E-state index contributed by atoms with van der Waals surface area (Å²) in [5, 5.41) is 33.0. The Morgan fingerprint density at radius 3 is 1.62 bits per heavy atom. The highest BCUT2D eigenvalue weighted by Crippen LogP contribution is 2.23. The van der Waals surface area contributed by atoms with Crippen molar-refractivity contribution in [3.63, 3.8) is 0 Å². The van der Waals surface area contributed by atoms with Crippen molar-refractivity contribution in [2.24, 2.45) is 34.0 Å². The van der Waals surface area contributed by atoms with E-state index in [1.165, 1.54) is 63.5 Å². The molecule has 85 heavy (non-hydrogen) atoms.